The standard InChI is InChI=1S/C18H12F2INO4/c1-24-15-9-10(6-7-14(15)25-18(19)20)8-13-17(23)26-16(22-13)11-4-2-3-5-12(11)21/h2-9,18H,1H3. The number of methoxy groups -OCH3 is 1. The Morgan fingerprint density at radius 3 is 2.65 bits per heavy atom. The van der Waals surface area contributed by atoms with E-state index in [2.05, 4.69) is 32.3 Å². The maximum atomic E-state index is 12.4. The van der Waals surface area contributed by atoms with Crippen molar-refractivity contribution in [3.8, 4) is 11.5 Å². The van der Waals surface area contributed by atoms with Gasteiger partial charge in [0.1, 0.15) is 0 Å². The molecule has 1 heterocycles. The van der Waals surface area contributed by atoms with Crippen molar-refractivity contribution < 1.29 is 27.8 Å². The van der Waals surface area contributed by atoms with Crippen LogP contribution in [0.4, 0.5) is 8.78 Å². The van der Waals surface area contributed by atoms with Gasteiger partial charge in [-0.2, -0.15) is 8.78 Å². The lowest BCUT2D eigenvalue weighted by atomic mass is 10.1. The Balaban J connectivity index is 1.92. The third kappa shape index (κ3) is 4.01. The average molecular weight is 471 g/mol. The summed E-state index contributed by atoms with van der Waals surface area (Å²) in [6, 6.07) is 11.7. The van der Waals surface area contributed by atoms with E-state index in [1.54, 1.807) is 6.07 Å². The summed E-state index contributed by atoms with van der Waals surface area (Å²) in [4.78, 5) is 16.3. The van der Waals surface area contributed by atoms with Crippen molar-refractivity contribution in [3.05, 3.63) is 62.9 Å². The highest BCUT2D eigenvalue weighted by Crippen LogP contribution is 2.31. The van der Waals surface area contributed by atoms with Crippen molar-refractivity contribution in [2.24, 2.45) is 4.99 Å². The molecule has 2 aromatic rings. The summed E-state index contributed by atoms with van der Waals surface area (Å²) in [5, 5.41) is 0. The highest BCUT2D eigenvalue weighted by molar-refractivity contribution is 14.1. The lowest BCUT2D eigenvalue weighted by molar-refractivity contribution is -0.129. The Morgan fingerprint density at radius 2 is 1.96 bits per heavy atom. The molecule has 0 aromatic heterocycles. The number of aliphatic imine (C=N–C) groups is 1. The molecule has 0 aliphatic carbocycles. The first-order valence-corrected chi connectivity index (χ1v) is 8.46. The summed E-state index contributed by atoms with van der Waals surface area (Å²) in [6.45, 7) is -2.96. The summed E-state index contributed by atoms with van der Waals surface area (Å²) in [5.41, 5.74) is 1.34. The van der Waals surface area contributed by atoms with Crippen molar-refractivity contribution in [2.75, 3.05) is 7.11 Å². The molecule has 0 N–H and O–H groups in total. The smallest absolute Gasteiger partial charge is 0.387 e. The molecular weight excluding hydrogens is 459 g/mol. The summed E-state index contributed by atoms with van der Waals surface area (Å²) in [6.07, 6.45) is 1.49. The minimum atomic E-state index is -2.96. The number of alkyl halides is 2. The number of benzene rings is 2. The van der Waals surface area contributed by atoms with Gasteiger partial charge in [-0.15, -0.1) is 0 Å². The van der Waals surface area contributed by atoms with Crippen LogP contribution in [0.25, 0.3) is 6.08 Å². The van der Waals surface area contributed by atoms with Gasteiger partial charge in [0.05, 0.1) is 12.7 Å². The number of cyclic esters (lactones) is 1. The average Bonchev–Trinajstić information content (AvgIpc) is 2.96. The minimum Gasteiger partial charge on any atom is -0.493 e. The Morgan fingerprint density at radius 1 is 1.19 bits per heavy atom. The Bertz CT molecular complexity index is 912. The molecule has 0 bridgehead atoms. The van der Waals surface area contributed by atoms with Crippen molar-refractivity contribution in [1.29, 1.82) is 0 Å². The normalized spacial score (nSPS) is 15.2. The molecule has 0 amide bonds. The number of hydrogen-bond donors (Lipinski definition) is 0. The molecule has 0 spiro atoms. The topological polar surface area (TPSA) is 57.1 Å². The number of halogens is 3. The van der Waals surface area contributed by atoms with Crippen LogP contribution in [0.3, 0.4) is 0 Å². The van der Waals surface area contributed by atoms with Crippen LogP contribution in [0.1, 0.15) is 11.1 Å². The second-order valence-electron chi connectivity index (χ2n) is 5.10. The predicted molar refractivity (Wildman–Crippen MR) is 99.4 cm³/mol. The van der Waals surface area contributed by atoms with E-state index in [9.17, 15) is 13.6 Å². The fourth-order valence-corrected chi connectivity index (χ4v) is 2.90. The van der Waals surface area contributed by atoms with Crippen LogP contribution >= 0.6 is 22.6 Å². The first-order valence-electron chi connectivity index (χ1n) is 7.38. The Kier molecular flexibility index (Phi) is 5.50. The highest BCUT2D eigenvalue weighted by Gasteiger charge is 2.25. The van der Waals surface area contributed by atoms with Crippen LogP contribution in [0.2, 0.25) is 0 Å². The van der Waals surface area contributed by atoms with E-state index in [1.165, 1.54) is 31.4 Å². The molecule has 0 radical (unpaired) electrons. The summed E-state index contributed by atoms with van der Waals surface area (Å²) in [7, 11) is 1.34. The third-order valence-electron chi connectivity index (χ3n) is 3.43. The molecule has 5 nitrogen and oxygen atoms in total. The number of hydrogen-bond acceptors (Lipinski definition) is 5. The molecule has 0 fully saturated rings. The van der Waals surface area contributed by atoms with Gasteiger partial charge in [-0.3, -0.25) is 0 Å². The molecule has 134 valence electrons. The quantitative estimate of drug-likeness (QED) is 0.372. The van der Waals surface area contributed by atoms with Gasteiger partial charge in [-0.25, -0.2) is 9.79 Å². The molecule has 2 aromatic carbocycles. The number of esters is 1. The maximum absolute atomic E-state index is 12.4. The third-order valence-corrected chi connectivity index (χ3v) is 4.37. The van der Waals surface area contributed by atoms with Gasteiger partial charge in [0, 0.05) is 3.57 Å². The Labute approximate surface area is 161 Å². The van der Waals surface area contributed by atoms with E-state index in [0.717, 1.165) is 3.57 Å². The van der Waals surface area contributed by atoms with E-state index in [4.69, 9.17) is 9.47 Å². The first-order chi connectivity index (χ1) is 12.5. The molecule has 0 atom stereocenters. The zero-order valence-electron chi connectivity index (χ0n) is 13.4. The molecule has 0 saturated heterocycles. The van der Waals surface area contributed by atoms with E-state index in [0.29, 0.717) is 11.1 Å². The molecule has 8 heteroatoms. The first kappa shape index (κ1) is 18.3. The number of carbonyl (C=O) groups excluding carboxylic acids is 1. The van der Waals surface area contributed by atoms with Crippen LogP contribution in [-0.4, -0.2) is 25.6 Å². The lowest BCUT2D eigenvalue weighted by Gasteiger charge is -2.10. The maximum Gasteiger partial charge on any atom is 0.387 e. The van der Waals surface area contributed by atoms with Crippen molar-refractivity contribution in [2.45, 2.75) is 6.61 Å². The van der Waals surface area contributed by atoms with E-state index < -0.39 is 12.6 Å². The van der Waals surface area contributed by atoms with Gasteiger partial charge in [0.25, 0.3) is 0 Å². The predicted octanol–water partition coefficient (Wildman–Crippen LogP) is 4.25. The van der Waals surface area contributed by atoms with Crippen LogP contribution in [0.15, 0.2) is 53.2 Å². The van der Waals surface area contributed by atoms with Crippen LogP contribution < -0.4 is 9.47 Å². The molecule has 26 heavy (non-hydrogen) atoms. The SMILES string of the molecule is COc1cc(C=C2N=C(c3ccccc3I)OC2=O)ccc1OC(F)F. The van der Waals surface area contributed by atoms with Gasteiger partial charge in [0.2, 0.25) is 5.90 Å². The van der Waals surface area contributed by atoms with Gasteiger partial charge in [0.15, 0.2) is 17.2 Å². The van der Waals surface area contributed by atoms with Crippen molar-refractivity contribution in [1.82, 2.24) is 0 Å². The largest absolute Gasteiger partial charge is 0.493 e. The summed E-state index contributed by atoms with van der Waals surface area (Å²) in [5.74, 6) is -0.350. The summed E-state index contributed by atoms with van der Waals surface area (Å²) >= 11 is 2.13. The Hall–Kier alpha value is -2.49. The zero-order chi connectivity index (χ0) is 18.7. The molecular formula is C18H12F2INO4. The molecule has 1 aliphatic heterocycles. The number of nitrogens with zero attached hydrogens (tertiary/aromatic N) is 1. The number of ether oxygens (including phenoxy) is 3. The fraction of sp³-hybridized carbons (Fsp3) is 0.111. The number of rotatable bonds is 5. The van der Waals surface area contributed by atoms with Gasteiger partial charge >= 0.3 is 12.6 Å². The van der Waals surface area contributed by atoms with Crippen molar-refractivity contribution in [3.63, 3.8) is 0 Å². The summed E-state index contributed by atoms with van der Waals surface area (Å²) < 4.78 is 40.3. The lowest BCUT2D eigenvalue weighted by Crippen LogP contribution is -2.06. The number of carbonyl (C=O) groups is 1. The van der Waals surface area contributed by atoms with E-state index in [-0.39, 0.29) is 23.1 Å². The van der Waals surface area contributed by atoms with Gasteiger partial charge < -0.3 is 14.2 Å². The van der Waals surface area contributed by atoms with E-state index >= 15 is 0 Å². The minimum absolute atomic E-state index is 0.0957. The van der Waals surface area contributed by atoms with E-state index in [1.807, 2.05) is 18.2 Å². The van der Waals surface area contributed by atoms with Crippen molar-refractivity contribution >= 4 is 40.5 Å². The second-order valence-corrected chi connectivity index (χ2v) is 6.27. The monoisotopic (exact) mass is 471 g/mol. The van der Waals surface area contributed by atoms with Gasteiger partial charge in [-0.05, 0) is 58.5 Å². The fourth-order valence-electron chi connectivity index (χ4n) is 2.28. The van der Waals surface area contributed by atoms with Crippen LogP contribution in [-0.2, 0) is 9.53 Å². The second kappa shape index (κ2) is 7.81. The molecule has 0 saturated carbocycles. The van der Waals surface area contributed by atoms with Crippen LogP contribution in [0, 0.1) is 3.57 Å². The van der Waals surface area contributed by atoms with Gasteiger partial charge in [-0.1, -0.05) is 18.2 Å². The zero-order valence-corrected chi connectivity index (χ0v) is 15.6. The van der Waals surface area contributed by atoms with Crippen LogP contribution in [0.5, 0.6) is 11.5 Å². The highest BCUT2D eigenvalue weighted by atomic mass is 127. The molecule has 3 rings (SSSR count). The molecule has 1 aliphatic rings. The molecule has 0 unspecified atom stereocenters.